The molecule has 2 aromatic carbocycles. The number of halogens is 1. The van der Waals surface area contributed by atoms with E-state index in [0.29, 0.717) is 12.6 Å². The van der Waals surface area contributed by atoms with Crippen molar-refractivity contribution in [3.63, 3.8) is 0 Å². The summed E-state index contributed by atoms with van der Waals surface area (Å²) in [5, 5.41) is 2.04. The zero-order valence-electron chi connectivity index (χ0n) is 15.6. The number of benzene rings is 2. The monoisotopic (exact) mass is 368 g/mol. The summed E-state index contributed by atoms with van der Waals surface area (Å²) >= 11 is 6.35. The van der Waals surface area contributed by atoms with Crippen LogP contribution in [0.3, 0.4) is 0 Å². The van der Waals surface area contributed by atoms with E-state index in [4.69, 9.17) is 16.3 Å². The number of para-hydroxylation sites is 1. The number of rotatable bonds is 4. The fourth-order valence-corrected chi connectivity index (χ4v) is 4.24. The van der Waals surface area contributed by atoms with E-state index in [9.17, 15) is 0 Å². The molecule has 1 aliphatic rings. The summed E-state index contributed by atoms with van der Waals surface area (Å²) in [6, 6.07) is 15.1. The molecule has 1 aliphatic heterocycles. The van der Waals surface area contributed by atoms with Gasteiger partial charge in [-0.2, -0.15) is 0 Å². The summed E-state index contributed by atoms with van der Waals surface area (Å²) in [5.41, 5.74) is 5.08. The molecule has 0 bridgehead atoms. The van der Waals surface area contributed by atoms with Crippen LogP contribution in [0.15, 0.2) is 42.5 Å². The molecule has 0 spiro atoms. The van der Waals surface area contributed by atoms with Crippen molar-refractivity contribution >= 4 is 22.5 Å². The molecule has 1 atom stereocenters. The molecule has 2 heterocycles. The van der Waals surface area contributed by atoms with Crippen molar-refractivity contribution in [3.8, 4) is 17.0 Å². The van der Waals surface area contributed by atoms with Gasteiger partial charge < -0.3 is 14.2 Å². The Labute approximate surface area is 160 Å². The number of hydrogen-bond donors (Lipinski definition) is 0. The second-order valence-corrected chi connectivity index (χ2v) is 7.66. The van der Waals surface area contributed by atoms with Gasteiger partial charge in [-0.3, -0.25) is 0 Å². The molecule has 0 fully saturated rings. The summed E-state index contributed by atoms with van der Waals surface area (Å²) in [6.07, 6.45) is 2.00. The first-order chi connectivity index (χ1) is 12.6. The Balaban J connectivity index is 2.01. The summed E-state index contributed by atoms with van der Waals surface area (Å²) < 4.78 is 8.52. The number of hydrogen-bond acceptors (Lipinski definition) is 2. The largest absolute Gasteiger partial charge is 0.493 e. The zero-order chi connectivity index (χ0) is 18.3. The molecule has 0 aliphatic carbocycles. The lowest BCUT2D eigenvalue weighted by molar-refractivity contribution is 0.260. The highest BCUT2D eigenvalue weighted by atomic mass is 35.5. The number of nitrogens with zero attached hydrogens (tertiary/aromatic N) is 2. The first kappa shape index (κ1) is 17.4. The van der Waals surface area contributed by atoms with Crippen LogP contribution in [-0.4, -0.2) is 36.2 Å². The maximum atomic E-state index is 6.35. The van der Waals surface area contributed by atoms with Crippen LogP contribution in [0.25, 0.3) is 22.2 Å². The Morgan fingerprint density at radius 1 is 1.19 bits per heavy atom. The number of fused-ring (bicyclic) bond motifs is 5. The molecule has 0 amide bonds. The van der Waals surface area contributed by atoms with Gasteiger partial charge in [-0.1, -0.05) is 30.7 Å². The third-order valence-corrected chi connectivity index (χ3v) is 5.71. The maximum Gasteiger partial charge on any atom is 0.128 e. The van der Waals surface area contributed by atoms with Crippen LogP contribution < -0.4 is 4.74 Å². The van der Waals surface area contributed by atoms with Crippen LogP contribution in [0.5, 0.6) is 5.75 Å². The van der Waals surface area contributed by atoms with E-state index < -0.39 is 0 Å². The van der Waals surface area contributed by atoms with E-state index in [1.54, 1.807) is 0 Å². The Hall–Kier alpha value is -1.97. The number of aromatic nitrogens is 1. The third kappa shape index (κ3) is 2.89. The van der Waals surface area contributed by atoms with Gasteiger partial charge in [0.05, 0.1) is 12.3 Å². The van der Waals surface area contributed by atoms with Crippen molar-refractivity contribution in [1.29, 1.82) is 0 Å². The topological polar surface area (TPSA) is 17.4 Å². The van der Waals surface area contributed by atoms with E-state index in [2.05, 4.69) is 60.8 Å². The van der Waals surface area contributed by atoms with Gasteiger partial charge in [0, 0.05) is 40.5 Å². The van der Waals surface area contributed by atoms with Gasteiger partial charge in [-0.25, -0.2) is 0 Å². The molecule has 0 radical (unpaired) electrons. The van der Waals surface area contributed by atoms with Crippen LogP contribution >= 0.6 is 11.6 Å². The fourth-order valence-electron chi connectivity index (χ4n) is 4.07. The Morgan fingerprint density at radius 2 is 2.00 bits per heavy atom. The fraction of sp³-hybridized carbons (Fsp3) is 0.364. The Morgan fingerprint density at radius 3 is 2.77 bits per heavy atom. The second kappa shape index (κ2) is 6.98. The molecular formula is C22H25ClN2O. The highest BCUT2D eigenvalue weighted by Crippen LogP contribution is 2.41. The van der Waals surface area contributed by atoms with Crippen molar-refractivity contribution in [2.45, 2.75) is 32.4 Å². The Bertz CT molecular complexity index is 945. The molecule has 1 aromatic heterocycles. The maximum absolute atomic E-state index is 6.35. The molecular weight excluding hydrogens is 344 g/mol. The molecule has 3 aromatic rings. The average Bonchev–Trinajstić information content (AvgIpc) is 2.79. The normalized spacial score (nSPS) is 14.7. The van der Waals surface area contributed by atoms with E-state index >= 15 is 0 Å². The van der Waals surface area contributed by atoms with Gasteiger partial charge in [0.1, 0.15) is 5.75 Å². The summed E-state index contributed by atoms with van der Waals surface area (Å²) in [7, 11) is 4.32. The lowest BCUT2D eigenvalue weighted by Crippen LogP contribution is -2.31. The van der Waals surface area contributed by atoms with Crippen LogP contribution in [0.1, 0.15) is 18.9 Å². The van der Waals surface area contributed by atoms with E-state index in [1.165, 1.54) is 27.7 Å². The smallest absolute Gasteiger partial charge is 0.128 e. The molecule has 0 N–H and O–H groups in total. The van der Waals surface area contributed by atoms with E-state index in [0.717, 1.165) is 30.2 Å². The van der Waals surface area contributed by atoms with Crippen molar-refractivity contribution in [2.24, 2.45) is 0 Å². The van der Waals surface area contributed by atoms with Crippen molar-refractivity contribution in [2.75, 3.05) is 20.7 Å². The Kier molecular flexibility index (Phi) is 4.68. The summed E-state index contributed by atoms with van der Waals surface area (Å²) in [6.45, 7) is 3.90. The first-order valence-electron chi connectivity index (χ1n) is 9.29. The van der Waals surface area contributed by atoms with Crippen molar-refractivity contribution in [1.82, 2.24) is 9.47 Å². The molecule has 1 unspecified atom stereocenters. The van der Waals surface area contributed by atoms with Crippen LogP contribution in [0, 0.1) is 0 Å². The van der Waals surface area contributed by atoms with Gasteiger partial charge in [0.25, 0.3) is 0 Å². The lowest BCUT2D eigenvalue weighted by atomic mass is 10.0. The second-order valence-electron chi connectivity index (χ2n) is 7.22. The predicted molar refractivity (Wildman–Crippen MR) is 109 cm³/mol. The van der Waals surface area contributed by atoms with Gasteiger partial charge in [-0.05, 0) is 56.4 Å². The molecule has 0 saturated carbocycles. The van der Waals surface area contributed by atoms with Gasteiger partial charge in [-0.15, -0.1) is 0 Å². The highest BCUT2D eigenvalue weighted by Gasteiger charge is 2.25. The minimum atomic E-state index is 0.474. The van der Waals surface area contributed by atoms with Crippen LogP contribution in [-0.2, 0) is 13.0 Å². The molecule has 3 nitrogen and oxygen atoms in total. The number of likely N-dealkylation sites (N-methyl/N-ethyl adjacent to an activating group) is 1. The van der Waals surface area contributed by atoms with Crippen molar-refractivity contribution < 1.29 is 4.74 Å². The first-order valence-corrected chi connectivity index (χ1v) is 9.67. The molecule has 0 saturated heterocycles. The van der Waals surface area contributed by atoms with Gasteiger partial charge >= 0.3 is 0 Å². The van der Waals surface area contributed by atoms with E-state index in [1.807, 2.05) is 12.1 Å². The summed E-state index contributed by atoms with van der Waals surface area (Å²) in [4.78, 5) is 2.31. The predicted octanol–water partition coefficient (Wildman–Crippen LogP) is 5.24. The van der Waals surface area contributed by atoms with E-state index in [-0.39, 0.29) is 0 Å². The van der Waals surface area contributed by atoms with Crippen molar-refractivity contribution in [3.05, 3.63) is 53.1 Å². The summed E-state index contributed by atoms with van der Waals surface area (Å²) in [5.74, 6) is 0.972. The number of ether oxygens (including phenoxy) is 1. The molecule has 136 valence electrons. The third-order valence-electron chi connectivity index (χ3n) is 5.48. The zero-order valence-corrected chi connectivity index (χ0v) is 16.4. The van der Waals surface area contributed by atoms with Crippen LogP contribution in [0.4, 0.5) is 0 Å². The van der Waals surface area contributed by atoms with Gasteiger partial charge in [0.2, 0.25) is 0 Å². The molecule has 4 heteroatoms. The lowest BCUT2D eigenvalue weighted by Gasteiger charge is -2.25. The van der Waals surface area contributed by atoms with Crippen LogP contribution in [0.2, 0.25) is 5.02 Å². The standard InChI is InChI=1S/C22H25ClN2O/c1-4-16(24(2)3)14-25-20-10-9-15(23)13-19(20)17-11-12-26-21-8-6-5-7-18(21)22(17)25/h5-10,13,16H,4,11-12,14H2,1-3H3. The van der Waals surface area contributed by atoms with Gasteiger partial charge in [0.15, 0.2) is 0 Å². The SMILES string of the molecule is CCC(Cn1c2c(c3cc(Cl)ccc31)CCOc1ccccc1-2)N(C)C. The minimum Gasteiger partial charge on any atom is -0.493 e. The minimum absolute atomic E-state index is 0.474. The highest BCUT2D eigenvalue weighted by molar-refractivity contribution is 6.31. The quantitative estimate of drug-likeness (QED) is 0.626. The molecule has 4 rings (SSSR count). The average molecular weight is 369 g/mol. The molecule has 26 heavy (non-hydrogen) atoms.